The van der Waals surface area contributed by atoms with E-state index in [2.05, 4.69) is 14.9 Å². The highest BCUT2D eigenvalue weighted by molar-refractivity contribution is 8.03. The van der Waals surface area contributed by atoms with E-state index < -0.39 is 0 Å². The smallest absolute Gasteiger partial charge is 0.150 e. The third kappa shape index (κ3) is 2.47. The van der Waals surface area contributed by atoms with Gasteiger partial charge in [-0.05, 0) is 25.3 Å². The first kappa shape index (κ1) is 13.6. The van der Waals surface area contributed by atoms with E-state index in [1.54, 1.807) is 11.8 Å². The van der Waals surface area contributed by atoms with Crippen LogP contribution >= 0.6 is 11.8 Å². The van der Waals surface area contributed by atoms with Gasteiger partial charge in [0.2, 0.25) is 0 Å². The van der Waals surface area contributed by atoms with E-state index in [0.29, 0.717) is 5.92 Å². The molecule has 3 rings (SSSR count). The maximum atomic E-state index is 5.86. The van der Waals surface area contributed by atoms with Gasteiger partial charge in [-0.2, -0.15) is 5.10 Å². The van der Waals surface area contributed by atoms with Gasteiger partial charge in [0, 0.05) is 26.3 Å². The van der Waals surface area contributed by atoms with Crippen LogP contribution in [0.25, 0.3) is 0 Å². The van der Waals surface area contributed by atoms with Crippen molar-refractivity contribution in [2.45, 2.75) is 12.8 Å². The minimum Gasteiger partial charge on any atom is -0.392 e. The van der Waals surface area contributed by atoms with Crippen LogP contribution in [0, 0.1) is 5.92 Å². The highest BCUT2D eigenvalue weighted by Crippen LogP contribution is 2.35. The zero-order valence-corrected chi connectivity index (χ0v) is 12.6. The summed E-state index contributed by atoms with van der Waals surface area (Å²) in [7, 11) is 2.00. The van der Waals surface area contributed by atoms with E-state index in [0.717, 1.165) is 49.1 Å². The van der Waals surface area contributed by atoms with Crippen LogP contribution in [0.15, 0.2) is 17.4 Å². The summed E-state index contributed by atoms with van der Waals surface area (Å²) in [5, 5.41) is 5.29. The molecule has 20 heavy (non-hydrogen) atoms. The van der Waals surface area contributed by atoms with E-state index in [1.807, 2.05) is 24.1 Å². The standard InChI is InChI=1S/C13H22N6S/c1-17-13(18-4-2-10(6-14)3-5-18)11(7-16-17)19-8-12(15)20-9-19/h7-8,10H,2-6,9,14-15H2,1H3. The Morgan fingerprint density at radius 3 is 2.75 bits per heavy atom. The fraction of sp³-hybridized carbons (Fsp3) is 0.615. The normalized spacial score (nSPS) is 20.6. The third-order valence-electron chi connectivity index (χ3n) is 4.10. The van der Waals surface area contributed by atoms with E-state index in [9.17, 15) is 0 Å². The number of rotatable bonds is 3. The molecule has 0 bridgehead atoms. The average molecular weight is 294 g/mol. The summed E-state index contributed by atoms with van der Waals surface area (Å²) in [4.78, 5) is 4.60. The summed E-state index contributed by atoms with van der Waals surface area (Å²) in [6, 6.07) is 0. The Morgan fingerprint density at radius 1 is 1.40 bits per heavy atom. The van der Waals surface area contributed by atoms with Crippen LogP contribution < -0.4 is 21.3 Å². The fourth-order valence-electron chi connectivity index (χ4n) is 2.88. The lowest BCUT2D eigenvalue weighted by Gasteiger charge is -2.34. The Morgan fingerprint density at radius 2 is 2.15 bits per heavy atom. The summed E-state index contributed by atoms with van der Waals surface area (Å²) in [5.74, 6) is 2.72. The second-order valence-corrected chi connectivity index (χ2v) is 6.44. The second kappa shape index (κ2) is 5.57. The minimum absolute atomic E-state index is 0.667. The van der Waals surface area contributed by atoms with Crippen molar-refractivity contribution >= 4 is 23.3 Å². The molecule has 0 amide bonds. The first-order valence-corrected chi connectivity index (χ1v) is 8.01. The molecule has 0 aliphatic carbocycles. The molecule has 6 nitrogen and oxygen atoms in total. The van der Waals surface area contributed by atoms with Gasteiger partial charge in [0.25, 0.3) is 0 Å². The molecule has 0 atom stereocenters. The van der Waals surface area contributed by atoms with Crippen molar-refractivity contribution in [3.05, 3.63) is 17.4 Å². The van der Waals surface area contributed by atoms with Crippen molar-refractivity contribution in [1.82, 2.24) is 9.78 Å². The molecule has 7 heteroatoms. The van der Waals surface area contributed by atoms with Gasteiger partial charge < -0.3 is 21.3 Å². The van der Waals surface area contributed by atoms with Crippen LogP contribution in [-0.2, 0) is 7.05 Å². The summed E-state index contributed by atoms with van der Waals surface area (Å²) < 4.78 is 1.96. The zero-order chi connectivity index (χ0) is 14.1. The molecule has 1 aromatic rings. The minimum atomic E-state index is 0.667. The van der Waals surface area contributed by atoms with Gasteiger partial charge in [-0.25, -0.2) is 0 Å². The maximum Gasteiger partial charge on any atom is 0.150 e. The molecule has 0 radical (unpaired) electrons. The molecule has 2 aliphatic heterocycles. The number of hydrogen-bond donors (Lipinski definition) is 2. The molecule has 0 unspecified atom stereocenters. The Labute approximate surface area is 123 Å². The molecule has 0 saturated carbocycles. The Balaban J connectivity index is 1.81. The number of hydrogen-bond acceptors (Lipinski definition) is 6. The molecule has 4 N–H and O–H groups in total. The van der Waals surface area contributed by atoms with Gasteiger partial charge in [0.05, 0.1) is 17.1 Å². The van der Waals surface area contributed by atoms with Gasteiger partial charge in [-0.3, -0.25) is 4.68 Å². The van der Waals surface area contributed by atoms with Crippen molar-refractivity contribution in [2.24, 2.45) is 24.4 Å². The highest BCUT2D eigenvalue weighted by atomic mass is 32.2. The molecule has 0 spiro atoms. The lowest BCUT2D eigenvalue weighted by Crippen LogP contribution is -2.37. The van der Waals surface area contributed by atoms with E-state index >= 15 is 0 Å². The number of nitrogens with zero attached hydrogens (tertiary/aromatic N) is 4. The van der Waals surface area contributed by atoms with Crippen LogP contribution in [0.4, 0.5) is 11.5 Å². The summed E-state index contributed by atoms with van der Waals surface area (Å²) in [5.41, 5.74) is 12.8. The number of aryl methyl sites for hydroxylation is 1. The Bertz CT molecular complexity index is 503. The van der Waals surface area contributed by atoms with Crippen LogP contribution in [0.3, 0.4) is 0 Å². The van der Waals surface area contributed by atoms with Gasteiger partial charge in [-0.1, -0.05) is 11.8 Å². The summed E-state index contributed by atoms with van der Waals surface area (Å²) >= 11 is 1.66. The quantitative estimate of drug-likeness (QED) is 0.861. The number of anilines is 2. The first-order chi connectivity index (χ1) is 9.69. The molecular formula is C13H22N6S. The second-order valence-electron chi connectivity index (χ2n) is 5.42. The average Bonchev–Trinajstić information content (AvgIpc) is 3.05. The number of piperidine rings is 1. The molecule has 1 aromatic heterocycles. The van der Waals surface area contributed by atoms with E-state index in [1.165, 1.54) is 5.82 Å². The van der Waals surface area contributed by atoms with Crippen LogP contribution in [0.1, 0.15) is 12.8 Å². The van der Waals surface area contributed by atoms with Gasteiger partial charge >= 0.3 is 0 Å². The number of aromatic nitrogens is 2. The fourth-order valence-corrected chi connectivity index (χ4v) is 3.58. The lowest BCUT2D eigenvalue weighted by atomic mass is 9.97. The Hall–Kier alpha value is -1.34. The predicted octanol–water partition coefficient (Wildman–Crippen LogP) is 0.864. The molecular weight excluding hydrogens is 272 g/mol. The number of thioether (sulfide) groups is 1. The molecule has 110 valence electrons. The first-order valence-electron chi connectivity index (χ1n) is 7.02. The molecule has 3 heterocycles. The van der Waals surface area contributed by atoms with Crippen LogP contribution in [-0.4, -0.2) is 35.3 Å². The highest BCUT2D eigenvalue weighted by Gasteiger charge is 2.26. The van der Waals surface area contributed by atoms with Gasteiger partial charge in [0.15, 0.2) is 5.82 Å². The van der Waals surface area contributed by atoms with Gasteiger partial charge in [0.1, 0.15) is 5.69 Å². The molecule has 1 fully saturated rings. The zero-order valence-electron chi connectivity index (χ0n) is 11.8. The maximum absolute atomic E-state index is 5.86. The van der Waals surface area contributed by atoms with Crippen molar-refractivity contribution in [2.75, 3.05) is 35.3 Å². The Kier molecular flexibility index (Phi) is 3.80. The number of nitrogens with two attached hydrogens (primary N) is 2. The summed E-state index contributed by atoms with van der Waals surface area (Å²) in [6.45, 7) is 2.90. The van der Waals surface area contributed by atoms with Crippen molar-refractivity contribution < 1.29 is 0 Å². The largest absolute Gasteiger partial charge is 0.392 e. The van der Waals surface area contributed by atoms with Crippen molar-refractivity contribution in [3.63, 3.8) is 0 Å². The van der Waals surface area contributed by atoms with E-state index in [-0.39, 0.29) is 0 Å². The van der Waals surface area contributed by atoms with Crippen molar-refractivity contribution in [1.29, 1.82) is 0 Å². The predicted molar refractivity (Wildman–Crippen MR) is 84.4 cm³/mol. The topological polar surface area (TPSA) is 76.3 Å². The van der Waals surface area contributed by atoms with E-state index in [4.69, 9.17) is 11.5 Å². The van der Waals surface area contributed by atoms with Gasteiger partial charge in [-0.15, -0.1) is 0 Å². The van der Waals surface area contributed by atoms with Crippen LogP contribution in [0.2, 0.25) is 0 Å². The summed E-state index contributed by atoms with van der Waals surface area (Å²) in [6.07, 6.45) is 6.25. The molecule has 1 saturated heterocycles. The monoisotopic (exact) mass is 294 g/mol. The lowest BCUT2D eigenvalue weighted by molar-refractivity contribution is 0.410. The SMILES string of the molecule is Cn1ncc(N2C=C(N)SC2)c1N1CCC(CN)CC1. The molecule has 2 aliphatic rings. The van der Waals surface area contributed by atoms with Crippen LogP contribution in [0.5, 0.6) is 0 Å². The third-order valence-corrected chi connectivity index (χ3v) is 4.95. The van der Waals surface area contributed by atoms with Crippen molar-refractivity contribution in [3.8, 4) is 0 Å². The molecule has 0 aromatic carbocycles.